The summed E-state index contributed by atoms with van der Waals surface area (Å²) >= 11 is 0. The number of nitrogens with two attached hydrogens (primary N) is 1. The number of nitrogens with zero attached hydrogens (tertiary/aromatic N) is 4. The van der Waals surface area contributed by atoms with Crippen LogP contribution in [-0.4, -0.2) is 33.5 Å². The van der Waals surface area contributed by atoms with Crippen LogP contribution in [0.15, 0.2) is 53.7 Å². The van der Waals surface area contributed by atoms with Gasteiger partial charge in [0.25, 0.3) is 0 Å². The van der Waals surface area contributed by atoms with E-state index in [4.69, 9.17) is 5.73 Å². The summed E-state index contributed by atoms with van der Waals surface area (Å²) in [5.41, 5.74) is 7.34. The van der Waals surface area contributed by atoms with Crippen molar-refractivity contribution in [3.05, 3.63) is 60.0 Å². The summed E-state index contributed by atoms with van der Waals surface area (Å²) in [4.78, 5) is 4.17. The standard InChI is InChI=1S/C18H19F3N6O/c19-18(20,21)28-14-8-6-13(7-9-14)12-24-17(22)23-10-3-5-16-26-25-15-4-1-2-11-27(15)16/h1-2,4,6-9,11H,3,5,10,12H2,(H3,22,23,24). The SMILES string of the molecule is NC(=NCc1ccc(OC(F)(F)F)cc1)NCCCc1nnc2ccccn12. The van der Waals surface area contributed by atoms with E-state index < -0.39 is 6.36 Å². The van der Waals surface area contributed by atoms with Gasteiger partial charge in [0, 0.05) is 19.2 Å². The van der Waals surface area contributed by atoms with Crippen LogP contribution in [0.2, 0.25) is 0 Å². The number of hydrogen-bond acceptors (Lipinski definition) is 4. The molecule has 0 unspecified atom stereocenters. The lowest BCUT2D eigenvalue weighted by atomic mass is 10.2. The minimum absolute atomic E-state index is 0.250. The Morgan fingerprint density at radius 2 is 1.93 bits per heavy atom. The lowest BCUT2D eigenvalue weighted by Crippen LogP contribution is -2.32. The van der Waals surface area contributed by atoms with E-state index in [9.17, 15) is 13.2 Å². The fraction of sp³-hybridized carbons (Fsp3) is 0.278. The zero-order valence-corrected chi connectivity index (χ0v) is 14.9. The van der Waals surface area contributed by atoms with Crippen LogP contribution in [0.4, 0.5) is 13.2 Å². The maximum Gasteiger partial charge on any atom is 0.573 e. The molecule has 2 heterocycles. The molecule has 0 radical (unpaired) electrons. The second-order valence-electron chi connectivity index (χ2n) is 5.97. The van der Waals surface area contributed by atoms with Crippen LogP contribution in [-0.2, 0) is 13.0 Å². The maximum atomic E-state index is 12.1. The van der Waals surface area contributed by atoms with E-state index in [0.29, 0.717) is 12.1 Å². The first-order valence-electron chi connectivity index (χ1n) is 8.58. The Balaban J connectivity index is 1.42. The molecule has 1 aromatic carbocycles. The van der Waals surface area contributed by atoms with Gasteiger partial charge in [0.2, 0.25) is 0 Å². The fourth-order valence-corrected chi connectivity index (χ4v) is 2.55. The molecule has 148 valence electrons. The monoisotopic (exact) mass is 392 g/mol. The molecule has 0 saturated carbocycles. The van der Waals surface area contributed by atoms with Crippen molar-refractivity contribution in [2.24, 2.45) is 10.7 Å². The summed E-state index contributed by atoms with van der Waals surface area (Å²) in [6.45, 7) is 0.857. The van der Waals surface area contributed by atoms with E-state index >= 15 is 0 Å². The molecule has 2 aromatic heterocycles. The Labute approximate surface area is 159 Å². The number of fused-ring (bicyclic) bond motifs is 1. The van der Waals surface area contributed by atoms with E-state index in [-0.39, 0.29) is 18.3 Å². The van der Waals surface area contributed by atoms with Crippen LogP contribution in [0.25, 0.3) is 5.65 Å². The van der Waals surface area contributed by atoms with Gasteiger partial charge in [-0.2, -0.15) is 0 Å². The van der Waals surface area contributed by atoms with Crippen molar-refractivity contribution >= 4 is 11.6 Å². The molecule has 3 rings (SSSR count). The Bertz CT molecular complexity index is 936. The van der Waals surface area contributed by atoms with Gasteiger partial charge in [-0.25, -0.2) is 4.99 Å². The van der Waals surface area contributed by atoms with Crippen molar-refractivity contribution in [3.8, 4) is 5.75 Å². The molecule has 7 nitrogen and oxygen atoms in total. The number of aryl methyl sites for hydroxylation is 1. The molecule has 0 saturated heterocycles. The number of aliphatic imine (C=N–C) groups is 1. The number of alkyl halides is 3. The third kappa shape index (κ3) is 5.60. The molecule has 0 atom stereocenters. The van der Waals surface area contributed by atoms with Crippen molar-refractivity contribution in [3.63, 3.8) is 0 Å². The summed E-state index contributed by atoms with van der Waals surface area (Å²) < 4.78 is 42.2. The van der Waals surface area contributed by atoms with E-state index in [1.54, 1.807) is 0 Å². The number of guanidine groups is 1. The van der Waals surface area contributed by atoms with Crippen molar-refractivity contribution in [1.29, 1.82) is 0 Å². The van der Waals surface area contributed by atoms with Gasteiger partial charge in [0.15, 0.2) is 11.6 Å². The number of ether oxygens (including phenoxy) is 1. The van der Waals surface area contributed by atoms with Gasteiger partial charge < -0.3 is 15.8 Å². The lowest BCUT2D eigenvalue weighted by molar-refractivity contribution is -0.274. The number of nitrogens with one attached hydrogen (secondary N) is 1. The van der Waals surface area contributed by atoms with Crippen LogP contribution >= 0.6 is 0 Å². The molecule has 0 fully saturated rings. The Morgan fingerprint density at radius 3 is 2.68 bits per heavy atom. The molecule has 0 amide bonds. The number of hydrogen-bond donors (Lipinski definition) is 2. The van der Waals surface area contributed by atoms with Gasteiger partial charge in [0.05, 0.1) is 6.54 Å². The van der Waals surface area contributed by atoms with Crippen molar-refractivity contribution in [1.82, 2.24) is 19.9 Å². The summed E-state index contributed by atoms with van der Waals surface area (Å²) in [6, 6.07) is 11.2. The van der Waals surface area contributed by atoms with Gasteiger partial charge in [-0.1, -0.05) is 18.2 Å². The first-order valence-corrected chi connectivity index (χ1v) is 8.58. The minimum Gasteiger partial charge on any atom is -0.406 e. The molecular weight excluding hydrogens is 373 g/mol. The first-order chi connectivity index (χ1) is 13.4. The minimum atomic E-state index is -4.70. The average molecular weight is 392 g/mol. The van der Waals surface area contributed by atoms with Crippen LogP contribution in [0.5, 0.6) is 5.75 Å². The second-order valence-corrected chi connectivity index (χ2v) is 5.97. The predicted molar refractivity (Wildman–Crippen MR) is 97.8 cm³/mol. The van der Waals surface area contributed by atoms with Gasteiger partial charge in [-0.3, -0.25) is 4.40 Å². The highest BCUT2D eigenvalue weighted by atomic mass is 19.4. The normalized spacial score (nSPS) is 12.3. The maximum absolute atomic E-state index is 12.1. The average Bonchev–Trinajstić information content (AvgIpc) is 3.07. The number of rotatable bonds is 7. The molecule has 0 spiro atoms. The predicted octanol–water partition coefficient (Wildman–Crippen LogP) is 2.67. The molecule has 3 N–H and O–H groups in total. The summed E-state index contributed by atoms with van der Waals surface area (Å²) in [5, 5.41) is 11.3. The first kappa shape index (κ1) is 19.5. The molecule has 10 heteroatoms. The van der Waals surface area contributed by atoms with Gasteiger partial charge >= 0.3 is 6.36 Å². The highest BCUT2D eigenvalue weighted by Gasteiger charge is 2.30. The molecule has 28 heavy (non-hydrogen) atoms. The zero-order valence-electron chi connectivity index (χ0n) is 14.9. The van der Waals surface area contributed by atoms with E-state index in [2.05, 4.69) is 25.2 Å². The van der Waals surface area contributed by atoms with Crippen LogP contribution in [0, 0.1) is 0 Å². The molecule has 0 aliphatic rings. The number of halogens is 3. The molecule has 3 aromatic rings. The Morgan fingerprint density at radius 1 is 1.14 bits per heavy atom. The molecule has 0 bridgehead atoms. The van der Waals surface area contributed by atoms with Crippen LogP contribution in [0.3, 0.4) is 0 Å². The fourth-order valence-electron chi connectivity index (χ4n) is 2.55. The highest BCUT2D eigenvalue weighted by Crippen LogP contribution is 2.22. The number of aromatic nitrogens is 3. The van der Waals surface area contributed by atoms with Gasteiger partial charge in [0.1, 0.15) is 11.6 Å². The second kappa shape index (κ2) is 8.59. The smallest absolute Gasteiger partial charge is 0.406 e. The topological polar surface area (TPSA) is 89.8 Å². The van der Waals surface area contributed by atoms with E-state index in [0.717, 1.165) is 24.3 Å². The zero-order chi connectivity index (χ0) is 20.0. The molecule has 0 aliphatic carbocycles. The highest BCUT2D eigenvalue weighted by molar-refractivity contribution is 5.77. The number of benzene rings is 1. The van der Waals surface area contributed by atoms with Gasteiger partial charge in [-0.15, -0.1) is 23.4 Å². The lowest BCUT2D eigenvalue weighted by Gasteiger charge is -2.09. The Hall–Kier alpha value is -3.30. The van der Waals surface area contributed by atoms with Gasteiger partial charge in [-0.05, 0) is 36.2 Å². The van der Waals surface area contributed by atoms with Crippen molar-refractivity contribution in [2.45, 2.75) is 25.7 Å². The van der Waals surface area contributed by atoms with Crippen LogP contribution in [0.1, 0.15) is 17.8 Å². The van der Waals surface area contributed by atoms with Crippen LogP contribution < -0.4 is 15.8 Å². The summed E-state index contributed by atoms with van der Waals surface area (Å²) in [7, 11) is 0. The Kier molecular flexibility index (Phi) is 5.97. The molecular formula is C18H19F3N6O. The largest absolute Gasteiger partial charge is 0.573 e. The molecule has 0 aliphatic heterocycles. The quantitative estimate of drug-likeness (QED) is 0.367. The summed E-state index contributed by atoms with van der Waals surface area (Å²) in [6.07, 6.45) is -1.27. The van der Waals surface area contributed by atoms with Crippen molar-refractivity contribution < 1.29 is 17.9 Å². The number of pyridine rings is 1. The van der Waals surface area contributed by atoms with Crippen molar-refractivity contribution in [2.75, 3.05) is 6.54 Å². The third-order valence-corrected chi connectivity index (χ3v) is 3.86. The van der Waals surface area contributed by atoms with E-state index in [1.165, 1.54) is 24.3 Å². The summed E-state index contributed by atoms with van der Waals surface area (Å²) in [5.74, 6) is 0.864. The van der Waals surface area contributed by atoms with E-state index in [1.807, 2.05) is 28.8 Å². The third-order valence-electron chi connectivity index (χ3n) is 3.86.